The Balaban J connectivity index is 2.68. The first-order chi connectivity index (χ1) is 9.79. The first kappa shape index (κ1) is 17.2. The molecule has 1 atom stereocenters. The van der Waals surface area contributed by atoms with Crippen LogP contribution < -0.4 is 10.1 Å². The fraction of sp³-hybridized carbons (Fsp3) is 0.500. The van der Waals surface area contributed by atoms with Gasteiger partial charge in [-0.1, -0.05) is 0 Å². The molecule has 0 aliphatic heterocycles. The summed E-state index contributed by atoms with van der Waals surface area (Å²) in [6, 6.07) is 5.17. The first-order valence-electron chi connectivity index (χ1n) is 6.60. The highest BCUT2D eigenvalue weighted by Gasteiger charge is 2.18. The molecule has 0 aromatic heterocycles. The van der Waals surface area contributed by atoms with E-state index < -0.39 is 12.7 Å². The molecule has 0 saturated heterocycles. The van der Waals surface area contributed by atoms with Gasteiger partial charge in [0.2, 0.25) is 0 Å². The molecule has 21 heavy (non-hydrogen) atoms. The topological polar surface area (TPSA) is 61.8 Å². The molecule has 2 N–H and O–H groups in total. The second-order valence-electron chi connectivity index (χ2n) is 4.93. The van der Waals surface area contributed by atoms with Gasteiger partial charge in [0.1, 0.15) is 5.75 Å². The summed E-state index contributed by atoms with van der Waals surface area (Å²) < 4.78 is 28.3. The summed E-state index contributed by atoms with van der Waals surface area (Å²) in [5.41, 5.74) is 0.456. The van der Waals surface area contributed by atoms with E-state index in [0.29, 0.717) is 5.69 Å². The molecule has 0 heterocycles. The van der Waals surface area contributed by atoms with E-state index >= 15 is 0 Å². The Morgan fingerprint density at radius 2 is 1.86 bits per heavy atom. The number of carbonyl (C=O) groups is 1. The lowest BCUT2D eigenvalue weighted by Crippen LogP contribution is -2.43. The van der Waals surface area contributed by atoms with Gasteiger partial charge in [0, 0.05) is 18.3 Å². The number of amides is 2. The Hall–Kier alpha value is -1.89. The number of hydrogen-bond acceptors (Lipinski definition) is 3. The summed E-state index contributed by atoms with van der Waals surface area (Å²) in [6.45, 7) is 2.59. The Kier molecular flexibility index (Phi) is 6.36. The summed E-state index contributed by atoms with van der Waals surface area (Å²) in [7, 11) is 0. The SMILES string of the molecule is CC(O)CN(C(=O)Nc1ccc(OC(F)F)cc1)C(C)C. The minimum Gasteiger partial charge on any atom is -0.435 e. The Bertz CT molecular complexity index is 450. The maximum atomic E-state index is 12.1. The van der Waals surface area contributed by atoms with Gasteiger partial charge in [-0.15, -0.1) is 0 Å². The highest BCUT2D eigenvalue weighted by Crippen LogP contribution is 2.18. The maximum Gasteiger partial charge on any atom is 0.387 e. The van der Waals surface area contributed by atoms with Crippen LogP contribution in [0, 0.1) is 0 Å². The summed E-state index contributed by atoms with van der Waals surface area (Å²) in [6.07, 6.45) is -0.639. The number of carbonyl (C=O) groups excluding carboxylic acids is 1. The average molecular weight is 302 g/mol. The molecule has 118 valence electrons. The molecular weight excluding hydrogens is 282 g/mol. The van der Waals surface area contributed by atoms with Crippen LogP contribution in [-0.4, -0.2) is 41.3 Å². The van der Waals surface area contributed by atoms with Crippen molar-refractivity contribution in [3.63, 3.8) is 0 Å². The predicted octanol–water partition coefficient (Wildman–Crippen LogP) is 2.91. The summed E-state index contributed by atoms with van der Waals surface area (Å²) in [4.78, 5) is 13.6. The molecular formula is C14H20F2N2O3. The third-order valence-corrected chi connectivity index (χ3v) is 2.68. The Labute approximate surface area is 122 Å². The van der Waals surface area contributed by atoms with Crippen LogP contribution >= 0.6 is 0 Å². The molecule has 0 fully saturated rings. The van der Waals surface area contributed by atoms with Crippen molar-refractivity contribution in [2.45, 2.75) is 39.5 Å². The van der Waals surface area contributed by atoms with Gasteiger partial charge in [-0.3, -0.25) is 0 Å². The Morgan fingerprint density at radius 3 is 2.29 bits per heavy atom. The molecule has 1 aromatic rings. The molecule has 0 radical (unpaired) electrons. The largest absolute Gasteiger partial charge is 0.435 e. The van der Waals surface area contributed by atoms with Crippen molar-refractivity contribution in [3.05, 3.63) is 24.3 Å². The molecule has 1 unspecified atom stereocenters. The molecule has 0 saturated carbocycles. The quantitative estimate of drug-likeness (QED) is 0.849. The van der Waals surface area contributed by atoms with Crippen LogP contribution in [0.2, 0.25) is 0 Å². The van der Waals surface area contributed by atoms with Crippen LogP contribution in [0.3, 0.4) is 0 Å². The molecule has 0 aliphatic carbocycles. The number of alkyl halides is 2. The molecule has 1 aromatic carbocycles. The standard InChI is InChI=1S/C14H20F2N2O3/c1-9(2)18(8-10(3)19)14(20)17-11-4-6-12(7-5-11)21-13(15)16/h4-7,9-10,13,19H,8H2,1-3H3,(H,17,20). The zero-order valence-electron chi connectivity index (χ0n) is 12.2. The van der Waals surface area contributed by atoms with E-state index in [2.05, 4.69) is 10.1 Å². The monoisotopic (exact) mass is 302 g/mol. The summed E-state index contributed by atoms with van der Waals surface area (Å²) >= 11 is 0. The van der Waals surface area contributed by atoms with Crippen molar-refractivity contribution < 1.29 is 23.4 Å². The van der Waals surface area contributed by atoms with Crippen molar-refractivity contribution in [1.82, 2.24) is 4.90 Å². The van der Waals surface area contributed by atoms with Gasteiger partial charge >= 0.3 is 12.6 Å². The number of nitrogens with zero attached hydrogens (tertiary/aromatic N) is 1. The Morgan fingerprint density at radius 1 is 1.29 bits per heavy atom. The molecule has 0 aliphatic rings. The third kappa shape index (κ3) is 5.95. The van der Waals surface area contributed by atoms with Crippen LogP contribution in [0.4, 0.5) is 19.3 Å². The van der Waals surface area contributed by atoms with Crippen molar-refractivity contribution in [1.29, 1.82) is 0 Å². The van der Waals surface area contributed by atoms with Gasteiger partial charge in [-0.2, -0.15) is 8.78 Å². The lowest BCUT2D eigenvalue weighted by atomic mass is 10.2. The van der Waals surface area contributed by atoms with Crippen LogP contribution in [-0.2, 0) is 0 Å². The van der Waals surface area contributed by atoms with E-state index in [4.69, 9.17) is 0 Å². The van der Waals surface area contributed by atoms with Crippen LogP contribution in [0.1, 0.15) is 20.8 Å². The molecule has 0 spiro atoms. The van der Waals surface area contributed by atoms with E-state index in [0.717, 1.165) is 0 Å². The third-order valence-electron chi connectivity index (χ3n) is 2.68. The molecule has 2 amide bonds. The highest BCUT2D eigenvalue weighted by molar-refractivity contribution is 5.89. The number of nitrogens with one attached hydrogen (secondary N) is 1. The summed E-state index contributed by atoms with van der Waals surface area (Å²) in [5, 5.41) is 12.0. The van der Waals surface area contributed by atoms with Gasteiger partial charge in [-0.25, -0.2) is 4.79 Å². The molecule has 0 bridgehead atoms. The average Bonchev–Trinajstić information content (AvgIpc) is 2.37. The smallest absolute Gasteiger partial charge is 0.387 e. The minimum atomic E-state index is -2.88. The summed E-state index contributed by atoms with van der Waals surface area (Å²) in [5.74, 6) is 0.0210. The predicted molar refractivity (Wildman–Crippen MR) is 75.6 cm³/mol. The number of hydrogen-bond donors (Lipinski definition) is 2. The number of aliphatic hydroxyl groups excluding tert-OH is 1. The number of ether oxygens (including phenoxy) is 1. The molecule has 1 rings (SSSR count). The number of rotatable bonds is 6. The molecule has 7 heteroatoms. The van der Waals surface area contributed by atoms with Gasteiger partial charge in [0.05, 0.1) is 6.10 Å². The molecule has 5 nitrogen and oxygen atoms in total. The van der Waals surface area contributed by atoms with E-state index in [9.17, 15) is 18.7 Å². The van der Waals surface area contributed by atoms with Crippen LogP contribution in [0.25, 0.3) is 0 Å². The second kappa shape index (κ2) is 7.78. The lowest BCUT2D eigenvalue weighted by molar-refractivity contribution is -0.0498. The van der Waals surface area contributed by atoms with Crippen molar-refractivity contribution >= 4 is 11.7 Å². The van der Waals surface area contributed by atoms with Gasteiger partial charge in [0.25, 0.3) is 0 Å². The van der Waals surface area contributed by atoms with E-state index in [1.807, 2.05) is 13.8 Å². The van der Waals surface area contributed by atoms with Gasteiger partial charge in [-0.05, 0) is 45.0 Å². The van der Waals surface area contributed by atoms with Crippen molar-refractivity contribution in [2.75, 3.05) is 11.9 Å². The van der Waals surface area contributed by atoms with Gasteiger partial charge in [0.15, 0.2) is 0 Å². The number of benzene rings is 1. The minimum absolute atomic E-state index is 0.0210. The second-order valence-corrected chi connectivity index (χ2v) is 4.93. The van der Waals surface area contributed by atoms with E-state index in [-0.39, 0.29) is 24.4 Å². The zero-order chi connectivity index (χ0) is 16.0. The lowest BCUT2D eigenvalue weighted by Gasteiger charge is -2.28. The fourth-order valence-corrected chi connectivity index (χ4v) is 1.73. The van der Waals surface area contributed by atoms with E-state index in [1.54, 1.807) is 6.92 Å². The van der Waals surface area contributed by atoms with Crippen LogP contribution in [0.15, 0.2) is 24.3 Å². The number of aliphatic hydroxyl groups is 1. The normalized spacial score (nSPS) is 12.4. The number of anilines is 1. The number of halogens is 2. The highest BCUT2D eigenvalue weighted by atomic mass is 19.3. The van der Waals surface area contributed by atoms with Crippen LogP contribution in [0.5, 0.6) is 5.75 Å². The van der Waals surface area contributed by atoms with Crippen molar-refractivity contribution in [3.8, 4) is 5.75 Å². The van der Waals surface area contributed by atoms with Gasteiger partial charge < -0.3 is 20.1 Å². The maximum absolute atomic E-state index is 12.1. The van der Waals surface area contributed by atoms with Crippen molar-refractivity contribution in [2.24, 2.45) is 0 Å². The van der Waals surface area contributed by atoms with E-state index in [1.165, 1.54) is 29.2 Å². The fourth-order valence-electron chi connectivity index (χ4n) is 1.73. The number of urea groups is 1. The first-order valence-corrected chi connectivity index (χ1v) is 6.60. The zero-order valence-corrected chi connectivity index (χ0v) is 12.2.